The summed E-state index contributed by atoms with van der Waals surface area (Å²) in [4.78, 5) is 0. The third-order valence-electron chi connectivity index (χ3n) is 2.31. The van der Waals surface area contributed by atoms with Crippen molar-refractivity contribution in [1.29, 1.82) is 0 Å². The summed E-state index contributed by atoms with van der Waals surface area (Å²) in [5.74, 6) is 0. The van der Waals surface area contributed by atoms with E-state index in [0.717, 1.165) is 31.7 Å². The van der Waals surface area contributed by atoms with Crippen molar-refractivity contribution >= 4 is 5.69 Å². The van der Waals surface area contributed by atoms with Crippen molar-refractivity contribution in [3.05, 3.63) is 29.8 Å². The minimum absolute atomic E-state index is 0.690. The highest BCUT2D eigenvalue weighted by Crippen LogP contribution is 2.07. The molecule has 1 rings (SSSR count). The van der Waals surface area contributed by atoms with E-state index >= 15 is 0 Å². The van der Waals surface area contributed by atoms with Gasteiger partial charge in [-0.25, -0.2) is 0 Å². The van der Waals surface area contributed by atoms with E-state index in [2.05, 4.69) is 12.1 Å². The topological polar surface area (TPSA) is 44.5 Å². The molecule has 0 atom stereocenters. The first kappa shape index (κ1) is 13.0. The Kier molecular flexibility index (Phi) is 6.61. The van der Waals surface area contributed by atoms with Gasteiger partial charge in [0, 0.05) is 18.9 Å². The second-order valence-electron chi connectivity index (χ2n) is 3.65. The zero-order valence-corrected chi connectivity index (χ0v) is 9.95. The van der Waals surface area contributed by atoms with Gasteiger partial charge in [-0.3, -0.25) is 0 Å². The normalized spacial score (nSPS) is 10.6. The maximum absolute atomic E-state index is 5.61. The number of ether oxygens (including phenoxy) is 2. The summed E-state index contributed by atoms with van der Waals surface area (Å²) < 4.78 is 10.6. The lowest BCUT2D eigenvalue weighted by molar-refractivity contribution is 0.0520. The predicted molar refractivity (Wildman–Crippen MR) is 66.5 cm³/mol. The van der Waals surface area contributed by atoms with Crippen molar-refractivity contribution in [2.75, 3.05) is 32.2 Å². The van der Waals surface area contributed by atoms with E-state index in [-0.39, 0.29) is 0 Å². The average molecular weight is 223 g/mol. The van der Waals surface area contributed by atoms with Crippen LogP contribution in [0, 0.1) is 0 Å². The van der Waals surface area contributed by atoms with Crippen molar-refractivity contribution in [1.82, 2.24) is 0 Å². The van der Waals surface area contributed by atoms with Crippen LogP contribution in [0.15, 0.2) is 24.3 Å². The molecule has 1 aromatic rings. The van der Waals surface area contributed by atoms with Crippen LogP contribution in [-0.2, 0) is 15.9 Å². The molecule has 0 fully saturated rings. The molecule has 0 aromatic heterocycles. The van der Waals surface area contributed by atoms with Crippen LogP contribution < -0.4 is 5.73 Å². The Hall–Kier alpha value is -1.06. The van der Waals surface area contributed by atoms with Gasteiger partial charge in [-0.15, -0.1) is 0 Å². The molecular weight excluding hydrogens is 202 g/mol. The first-order chi connectivity index (χ1) is 7.83. The van der Waals surface area contributed by atoms with Crippen LogP contribution in [0.2, 0.25) is 0 Å². The van der Waals surface area contributed by atoms with Gasteiger partial charge in [-0.2, -0.15) is 0 Å². The standard InChI is InChI=1S/C13H21NO2/c1-2-15-10-11-16-9-3-4-12-5-7-13(14)8-6-12/h5-8H,2-4,9-11,14H2,1H3. The molecule has 0 saturated heterocycles. The van der Waals surface area contributed by atoms with Crippen molar-refractivity contribution in [3.8, 4) is 0 Å². The summed E-state index contributed by atoms with van der Waals surface area (Å²) in [7, 11) is 0. The van der Waals surface area contributed by atoms with E-state index in [4.69, 9.17) is 15.2 Å². The Morgan fingerprint density at radius 1 is 1.00 bits per heavy atom. The van der Waals surface area contributed by atoms with Crippen molar-refractivity contribution < 1.29 is 9.47 Å². The number of nitrogens with two attached hydrogens (primary N) is 1. The van der Waals surface area contributed by atoms with Gasteiger partial charge >= 0.3 is 0 Å². The van der Waals surface area contributed by atoms with E-state index in [0.29, 0.717) is 13.2 Å². The van der Waals surface area contributed by atoms with Gasteiger partial charge in [0.05, 0.1) is 13.2 Å². The highest BCUT2D eigenvalue weighted by Gasteiger charge is 1.94. The number of hydrogen-bond acceptors (Lipinski definition) is 3. The molecule has 3 heteroatoms. The van der Waals surface area contributed by atoms with Crippen molar-refractivity contribution in [2.45, 2.75) is 19.8 Å². The summed E-state index contributed by atoms with van der Waals surface area (Å²) in [6, 6.07) is 8.00. The van der Waals surface area contributed by atoms with Crippen LogP contribution in [0.3, 0.4) is 0 Å². The minimum Gasteiger partial charge on any atom is -0.399 e. The first-order valence-corrected chi connectivity index (χ1v) is 5.83. The fourth-order valence-electron chi connectivity index (χ4n) is 1.43. The number of nitrogen functional groups attached to an aromatic ring is 1. The molecule has 0 aliphatic heterocycles. The van der Waals surface area contributed by atoms with Crippen molar-refractivity contribution in [3.63, 3.8) is 0 Å². The molecule has 16 heavy (non-hydrogen) atoms. The fraction of sp³-hybridized carbons (Fsp3) is 0.538. The van der Waals surface area contributed by atoms with Crippen LogP contribution in [0.4, 0.5) is 5.69 Å². The zero-order valence-electron chi connectivity index (χ0n) is 9.95. The van der Waals surface area contributed by atoms with Crippen LogP contribution in [0.1, 0.15) is 18.9 Å². The maximum Gasteiger partial charge on any atom is 0.0700 e. The van der Waals surface area contributed by atoms with Gasteiger partial charge in [0.2, 0.25) is 0 Å². The van der Waals surface area contributed by atoms with E-state index in [1.54, 1.807) is 0 Å². The second kappa shape index (κ2) is 8.13. The summed E-state index contributed by atoms with van der Waals surface area (Å²) in [6.45, 7) is 4.92. The largest absolute Gasteiger partial charge is 0.399 e. The molecule has 1 aromatic carbocycles. The lowest BCUT2D eigenvalue weighted by Gasteiger charge is -2.04. The molecule has 0 bridgehead atoms. The molecule has 0 spiro atoms. The molecule has 90 valence electrons. The zero-order chi connectivity index (χ0) is 11.6. The Morgan fingerprint density at radius 2 is 1.69 bits per heavy atom. The number of aryl methyl sites for hydroxylation is 1. The Morgan fingerprint density at radius 3 is 2.38 bits per heavy atom. The van der Waals surface area contributed by atoms with Gasteiger partial charge in [-0.05, 0) is 37.5 Å². The smallest absolute Gasteiger partial charge is 0.0700 e. The maximum atomic E-state index is 5.61. The van der Waals surface area contributed by atoms with Crippen LogP contribution in [0.25, 0.3) is 0 Å². The molecule has 2 N–H and O–H groups in total. The molecule has 0 unspecified atom stereocenters. The molecule has 3 nitrogen and oxygen atoms in total. The second-order valence-corrected chi connectivity index (χ2v) is 3.65. The molecule has 0 aliphatic rings. The Labute approximate surface area is 97.6 Å². The molecule has 0 radical (unpaired) electrons. The van der Waals surface area contributed by atoms with Crippen LogP contribution in [0.5, 0.6) is 0 Å². The van der Waals surface area contributed by atoms with Crippen molar-refractivity contribution in [2.24, 2.45) is 0 Å². The minimum atomic E-state index is 0.690. The third-order valence-corrected chi connectivity index (χ3v) is 2.31. The number of hydrogen-bond donors (Lipinski definition) is 1. The summed E-state index contributed by atoms with van der Waals surface area (Å²) in [5.41, 5.74) is 7.74. The van der Waals surface area contributed by atoms with E-state index in [9.17, 15) is 0 Å². The monoisotopic (exact) mass is 223 g/mol. The Bertz CT molecular complexity index is 272. The first-order valence-electron chi connectivity index (χ1n) is 5.83. The van der Waals surface area contributed by atoms with Gasteiger partial charge in [0.15, 0.2) is 0 Å². The molecule has 0 saturated carbocycles. The average Bonchev–Trinajstić information content (AvgIpc) is 2.30. The van der Waals surface area contributed by atoms with Gasteiger partial charge < -0.3 is 15.2 Å². The quantitative estimate of drug-likeness (QED) is 0.543. The third kappa shape index (κ3) is 5.73. The lowest BCUT2D eigenvalue weighted by atomic mass is 10.1. The fourth-order valence-corrected chi connectivity index (χ4v) is 1.43. The molecule has 0 heterocycles. The molecule has 0 aliphatic carbocycles. The van der Waals surface area contributed by atoms with Crippen LogP contribution >= 0.6 is 0 Å². The molecule has 0 amide bonds. The highest BCUT2D eigenvalue weighted by atomic mass is 16.5. The van der Waals surface area contributed by atoms with Gasteiger partial charge in [0.1, 0.15) is 0 Å². The Balaban J connectivity index is 2.01. The summed E-state index contributed by atoms with van der Waals surface area (Å²) in [5, 5.41) is 0. The summed E-state index contributed by atoms with van der Waals surface area (Å²) >= 11 is 0. The summed E-state index contributed by atoms with van der Waals surface area (Å²) in [6.07, 6.45) is 2.07. The van der Waals surface area contributed by atoms with E-state index in [1.165, 1.54) is 5.56 Å². The van der Waals surface area contributed by atoms with E-state index in [1.807, 2.05) is 19.1 Å². The molecular formula is C13H21NO2. The highest BCUT2D eigenvalue weighted by molar-refractivity contribution is 5.39. The predicted octanol–water partition coefficient (Wildman–Crippen LogP) is 2.25. The lowest BCUT2D eigenvalue weighted by Crippen LogP contribution is -2.05. The number of benzene rings is 1. The van der Waals surface area contributed by atoms with Gasteiger partial charge in [0.25, 0.3) is 0 Å². The SMILES string of the molecule is CCOCCOCCCc1ccc(N)cc1. The van der Waals surface area contributed by atoms with Crippen LogP contribution in [-0.4, -0.2) is 26.4 Å². The van der Waals surface area contributed by atoms with Gasteiger partial charge in [-0.1, -0.05) is 12.1 Å². The number of rotatable bonds is 8. The van der Waals surface area contributed by atoms with E-state index < -0.39 is 0 Å². The number of anilines is 1.